The van der Waals surface area contributed by atoms with Gasteiger partial charge in [0.1, 0.15) is 18.4 Å². The molecule has 2 aromatic rings. The van der Waals surface area contributed by atoms with Crippen molar-refractivity contribution in [3.63, 3.8) is 0 Å². The molecule has 2 aliphatic rings. The van der Waals surface area contributed by atoms with Crippen molar-refractivity contribution in [1.29, 1.82) is 0 Å². The Balaban J connectivity index is 1.28. The summed E-state index contributed by atoms with van der Waals surface area (Å²) in [4.78, 5) is 13.0. The molecular formula is C23H28ClN3O6S2. The van der Waals surface area contributed by atoms with E-state index in [-0.39, 0.29) is 35.4 Å². The van der Waals surface area contributed by atoms with Crippen LogP contribution in [0.1, 0.15) is 25.7 Å². The maximum Gasteiger partial charge on any atom is 0.243 e. The smallest absolute Gasteiger partial charge is 0.243 e. The van der Waals surface area contributed by atoms with Crippen molar-refractivity contribution >= 4 is 37.6 Å². The molecule has 0 bridgehead atoms. The van der Waals surface area contributed by atoms with Crippen LogP contribution < -0.4 is 10.1 Å². The molecule has 2 aromatic carbocycles. The quantitative estimate of drug-likeness (QED) is 0.488. The number of sulfonamides is 2. The number of rotatable bonds is 9. The van der Waals surface area contributed by atoms with Gasteiger partial charge in [0, 0.05) is 24.7 Å². The molecule has 12 heteroatoms. The Hall–Kier alpha value is -2.18. The third kappa shape index (κ3) is 5.80. The Morgan fingerprint density at radius 2 is 1.49 bits per heavy atom. The predicted molar refractivity (Wildman–Crippen MR) is 131 cm³/mol. The number of halogens is 1. The fraction of sp³-hybridized carbons (Fsp3) is 0.435. The highest BCUT2D eigenvalue weighted by atomic mass is 35.5. The summed E-state index contributed by atoms with van der Waals surface area (Å²) in [6, 6.07) is 11.3. The van der Waals surface area contributed by atoms with Crippen LogP contribution in [0.25, 0.3) is 0 Å². The van der Waals surface area contributed by atoms with Gasteiger partial charge in [-0.15, -0.1) is 0 Å². The molecule has 0 radical (unpaired) electrons. The fourth-order valence-corrected chi connectivity index (χ4v) is 7.58. The van der Waals surface area contributed by atoms with Crippen LogP contribution in [0, 0.1) is 0 Å². The molecule has 0 saturated carbocycles. The Kier molecular flexibility index (Phi) is 8.02. The molecule has 1 amide bonds. The molecule has 0 aromatic heterocycles. The summed E-state index contributed by atoms with van der Waals surface area (Å²) in [7, 11) is -7.30. The van der Waals surface area contributed by atoms with Gasteiger partial charge in [-0.1, -0.05) is 11.6 Å². The second kappa shape index (κ2) is 10.8. The van der Waals surface area contributed by atoms with E-state index < -0.39 is 26.1 Å². The average Bonchev–Trinajstić information content (AvgIpc) is 3.56. The van der Waals surface area contributed by atoms with E-state index in [9.17, 15) is 21.6 Å². The van der Waals surface area contributed by atoms with Gasteiger partial charge in [0.05, 0.1) is 16.3 Å². The lowest BCUT2D eigenvalue weighted by molar-refractivity contribution is -0.124. The maximum absolute atomic E-state index is 13.0. The maximum atomic E-state index is 13.0. The van der Waals surface area contributed by atoms with Crippen molar-refractivity contribution < 1.29 is 26.4 Å². The van der Waals surface area contributed by atoms with Crippen molar-refractivity contribution in [3.8, 4) is 5.75 Å². The first-order chi connectivity index (χ1) is 16.7. The van der Waals surface area contributed by atoms with Crippen molar-refractivity contribution in [2.45, 2.75) is 41.5 Å². The molecule has 2 heterocycles. The molecule has 1 atom stereocenters. The van der Waals surface area contributed by atoms with Gasteiger partial charge in [0.2, 0.25) is 26.0 Å². The highest BCUT2D eigenvalue weighted by Gasteiger charge is 2.39. The predicted octanol–water partition coefficient (Wildman–Crippen LogP) is 2.47. The van der Waals surface area contributed by atoms with E-state index in [2.05, 4.69) is 5.32 Å². The standard InChI is InChI=1S/C23H28ClN3O6S2/c24-18-5-9-21(10-6-18)35(31,32)27-16-3-4-22(27)23(28)25-13-17-33-19-7-11-20(12-8-19)34(29,30)26-14-1-2-15-26/h5-12,22H,1-4,13-17H2,(H,25,28). The number of nitrogens with zero attached hydrogens (tertiary/aromatic N) is 2. The molecule has 2 aliphatic heterocycles. The summed E-state index contributed by atoms with van der Waals surface area (Å²) in [5.74, 6) is 0.100. The number of carbonyl (C=O) groups is 1. The second-order valence-corrected chi connectivity index (χ2v) is 12.7. The lowest BCUT2D eigenvalue weighted by atomic mass is 10.2. The zero-order chi connectivity index (χ0) is 25.1. The monoisotopic (exact) mass is 541 g/mol. The van der Waals surface area contributed by atoms with E-state index in [0.717, 1.165) is 12.8 Å². The van der Waals surface area contributed by atoms with Crippen LogP contribution in [0.15, 0.2) is 58.3 Å². The summed E-state index contributed by atoms with van der Waals surface area (Å²) >= 11 is 5.86. The molecule has 190 valence electrons. The van der Waals surface area contributed by atoms with Gasteiger partial charge in [-0.05, 0) is 74.2 Å². The highest BCUT2D eigenvalue weighted by molar-refractivity contribution is 7.89. The molecule has 9 nitrogen and oxygen atoms in total. The van der Waals surface area contributed by atoms with Crippen molar-refractivity contribution in [2.24, 2.45) is 0 Å². The van der Waals surface area contributed by atoms with E-state index >= 15 is 0 Å². The van der Waals surface area contributed by atoms with Gasteiger partial charge in [-0.3, -0.25) is 4.79 Å². The van der Waals surface area contributed by atoms with Gasteiger partial charge < -0.3 is 10.1 Å². The number of hydrogen-bond donors (Lipinski definition) is 1. The van der Waals surface area contributed by atoms with Crippen LogP contribution in [-0.4, -0.2) is 70.2 Å². The van der Waals surface area contributed by atoms with Crippen LogP contribution in [0.2, 0.25) is 5.02 Å². The largest absolute Gasteiger partial charge is 0.492 e. The third-order valence-electron chi connectivity index (χ3n) is 6.12. The fourth-order valence-electron chi connectivity index (χ4n) is 4.28. The van der Waals surface area contributed by atoms with Gasteiger partial charge in [-0.25, -0.2) is 16.8 Å². The molecule has 0 aliphatic carbocycles. The van der Waals surface area contributed by atoms with E-state index in [1.165, 1.54) is 45.0 Å². The number of hydrogen-bond acceptors (Lipinski definition) is 6. The molecule has 1 unspecified atom stereocenters. The molecule has 2 saturated heterocycles. The van der Waals surface area contributed by atoms with Crippen molar-refractivity contribution in [3.05, 3.63) is 53.6 Å². The van der Waals surface area contributed by atoms with Gasteiger partial charge in [-0.2, -0.15) is 8.61 Å². The number of amides is 1. The Labute approximate surface area is 211 Å². The minimum atomic E-state index is -3.82. The molecule has 35 heavy (non-hydrogen) atoms. The van der Waals surface area contributed by atoms with Crippen LogP contribution in [-0.2, 0) is 24.8 Å². The van der Waals surface area contributed by atoms with Crippen LogP contribution in [0.4, 0.5) is 0 Å². The topological polar surface area (TPSA) is 113 Å². The van der Waals surface area contributed by atoms with Crippen molar-refractivity contribution in [2.75, 3.05) is 32.8 Å². The van der Waals surface area contributed by atoms with Gasteiger partial charge in [0.25, 0.3) is 0 Å². The zero-order valence-electron chi connectivity index (χ0n) is 19.1. The Morgan fingerprint density at radius 3 is 2.14 bits per heavy atom. The van der Waals surface area contributed by atoms with E-state index in [4.69, 9.17) is 16.3 Å². The normalized spacial score (nSPS) is 19.6. The number of carbonyl (C=O) groups excluding carboxylic acids is 1. The van der Waals surface area contributed by atoms with Crippen molar-refractivity contribution in [1.82, 2.24) is 13.9 Å². The average molecular weight is 542 g/mol. The summed E-state index contributed by atoms with van der Waals surface area (Å²) in [6.07, 6.45) is 2.77. The first kappa shape index (κ1) is 25.9. The summed E-state index contributed by atoms with van der Waals surface area (Å²) < 4.78 is 59.5. The first-order valence-electron chi connectivity index (χ1n) is 11.5. The first-order valence-corrected chi connectivity index (χ1v) is 14.7. The Morgan fingerprint density at radius 1 is 0.886 bits per heavy atom. The number of benzene rings is 2. The van der Waals surface area contributed by atoms with Crippen LogP contribution in [0.5, 0.6) is 5.75 Å². The molecule has 2 fully saturated rings. The minimum Gasteiger partial charge on any atom is -0.492 e. The van der Waals surface area contributed by atoms with E-state index in [0.29, 0.717) is 36.7 Å². The zero-order valence-corrected chi connectivity index (χ0v) is 21.5. The molecular weight excluding hydrogens is 514 g/mol. The number of nitrogens with one attached hydrogen (secondary N) is 1. The highest BCUT2D eigenvalue weighted by Crippen LogP contribution is 2.27. The lowest BCUT2D eigenvalue weighted by Gasteiger charge is -2.23. The third-order valence-corrected chi connectivity index (χ3v) is 10.2. The summed E-state index contributed by atoms with van der Waals surface area (Å²) in [5, 5.41) is 3.17. The molecule has 0 spiro atoms. The molecule has 4 rings (SSSR count). The summed E-state index contributed by atoms with van der Waals surface area (Å²) in [5.41, 5.74) is 0. The van der Waals surface area contributed by atoms with Crippen LogP contribution >= 0.6 is 11.6 Å². The second-order valence-electron chi connectivity index (χ2n) is 8.45. The van der Waals surface area contributed by atoms with Crippen LogP contribution in [0.3, 0.4) is 0 Å². The summed E-state index contributed by atoms with van der Waals surface area (Å²) in [6.45, 7) is 1.68. The molecule has 1 N–H and O–H groups in total. The SMILES string of the molecule is O=C(NCCOc1ccc(S(=O)(=O)N2CCCC2)cc1)C1CCCN1S(=O)(=O)c1ccc(Cl)cc1. The number of ether oxygens (including phenoxy) is 1. The minimum absolute atomic E-state index is 0.0973. The van der Waals surface area contributed by atoms with E-state index in [1.807, 2.05) is 0 Å². The van der Waals surface area contributed by atoms with E-state index in [1.54, 1.807) is 12.1 Å². The lowest BCUT2D eigenvalue weighted by Crippen LogP contribution is -2.46. The van der Waals surface area contributed by atoms with Gasteiger partial charge >= 0.3 is 0 Å². The van der Waals surface area contributed by atoms with Gasteiger partial charge in [0.15, 0.2) is 0 Å². The Bertz CT molecular complexity index is 1250.